The van der Waals surface area contributed by atoms with Crippen LogP contribution in [0.15, 0.2) is 0 Å². The molecule has 0 aliphatic carbocycles. The molecule has 2 nitrogen and oxygen atoms in total. The Morgan fingerprint density at radius 3 is 2.67 bits per heavy atom. The third-order valence-corrected chi connectivity index (χ3v) is 1.77. The summed E-state index contributed by atoms with van der Waals surface area (Å²) in [6.45, 7) is 0.751. The molecule has 0 aromatic carbocycles. The van der Waals surface area contributed by atoms with Crippen molar-refractivity contribution >= 4 is 35.1 Å². The Labute approximate surface area is 64.6 Å². The van der Waals surface area contributed by atoms with E-state index in [4.69, 9.17) is 12.2 Å². The van der Waals surface area contributed by atoms with Crippen LogP contribution in [0.3, 0.4) is 0 Å². The molecule has 0 N–H and O–H groups in total. The molecule has 1 rings (SSSR count). The fourth-order valence-corrected chi connectivity index (χ4v) is 1.26. The lowest BCUT2D eigenvalue weighted by atomic mass is 10.4. The SMILES string of the molecule is O=C1CCCN1C(=S)S. The van der Waals surface area contributed by atoms with Crippen LogP contribution in [-0.2, 0) is 4.79 Å². The van der Waals surface area contributed by atoms with Gasteiger partial charge in [-0.2, -0.15) is 0 Å². The van der Waals surface area contributed by atoms with Gasteiger partial charge in [-0.15, -0.1) is 12.6 Å². The largest absolute Gasteiger partial charge is 0.298 e. The number of amides is 1. The van der Waals surface area contributed by atoms with Crippen LogP contribution in [0.5, 0.6) is 0 Å². The lowest BCUT2D eigenvalue weighted by Crippen LogP contribution is -2.26. The minimum absolute atomic E-state index is 0.106. The summed E-state index contributed by atoms with van der Waals surface area (Å²) in [4.78, 5) is 12.3. The van der Waals surface area contributed by atoms with Gasteiger partial charge in [-0.1, -0.05) is 12.2 Å². The Morgan fingerprint density at radius 1 is 1.78 bits per heavy atom. The van der Waals surface area contributed by atoms with Crippen LogP contribution >= 0.6 is 24.8 Å². The van der Waals surface area contributed by atoms with E-state index in [2.05, 4.69) is 12.6 Å². The second-order valence-electron chi connectivity index (χ2n) is 1.93. The molecule has 9 heavy (non-hydrogen) atoms. The lowest BCUT2D eigenvalue weighted by Gasteiger charge is -2.10. The van der Waals surface area contributed by atoms with Crippen LogP contribution in [0, 0.1) is 0 Å². The van der Waals surface area contributed by atoms with Crippen LogP contribution < -0.4 is 0 Å². The molecule has 1 amide bonds. The maximum Gasteiger partial charge on any atom is 0.228 e. The molecule has 1 saturated heterocycles. The number of rotatable bonds is 0. The van der Waals surface area contributed by atoms with Crippen molar-refractivity contribution in [2.24, 2.45) is 0 Å². The van der Waals surface area contributed by atoms with E-state index >= 15 is 0 Å². The van der Waals surface area contributed by atoms with Crippen molar-refractivity contribution in [2.75, 3.05) is 6.54 Å². The van der Waals surface area contributed by atoms with Crippen molar-refractivity contribution in [1.82, 2.24) is 4.90 Å². The first kappa shape index (κ1) is 7.02. The summed E-state index contributed by atoms with van der Waals surface area (Å²) in [5, 5.41) is 0. The van der Waals surface area contributed by atoms with Gasteiger partial charge in [0.15, 0.2) is 0 Å². The van der Waals surface area contributed by atoms with Gasteiger partial charge < -0.3 is 0 Å². The van der Waals surface area contributed by atoms with Crippen LogP contribution in [0.25, 0.3) is 0 Å². The summed E-state index contributed by atoms with van der Waals surface area (Å²) in [6, 6.07) is 0. The fraction of sp³-hybridized carbons (Fsp3) is 0.600. The van der Waals surface area contributed by atoms with Crippen molar-refractivity contribution in [3.63, 3.8) is 0 Å². The minimum atomic E-state index is 0.106. The highest BCUT2D eigenvalue weighted by Gasteiger charge is 2.21. The van der Waals surface area contributed by atoms with Crippen molar-refractivity contribution in [3.05, 3.63) is 0 Å². The minimum Gasteiger partial charge on any atom is -0.298 e. The van der Waals surface area contributed by atoms with Gasteiger partial charge in [-0.3, -0.25) is 9.69 Å². The maximum atomic E-state index is 10.8. The highest BCUT2D eigenvalue weighted by molar-refractivity contribution is 8.11. The smallest absolute Gasteiger partial charge is 0.228 e. The van der Waals surface area contributed by atoms with Gasteiger partial charge in [0.2, 0.25) is 5.91 Å². The number of carbonyl (C=O) groups excluding carboxylic acids is 1. The zero-order valence-corrected chi connectivity index (χ0v) is 6.54. The summed E-state index contributed by atoms with van der Waals surface area (Å²) in [7, 11) is 0. The van der Waals surface area contributed by atoms with Crippen LogP contribution in [0.2, 0.25) is 0 Å². The van der Waals surface area contributed by atoms with Crippen LogP contribution in [-0.4, -0.2) is 21.7 Å². The number of hydrogen-bond donors (Lipinski definition) is 1. The zero-order chi connectivity index (χ0) is 6.85. The molecule has 1 fully saturated rings. The number of carbonyl (C=O) groups is 1. The molecule has 1 aliphatic rings. The van der Waals surface area contributed by atoms with Crippen LogP contribution in [0.4, 0.5) is 0 Å². The summed E-state index contributed by atoms with van der Waals surface area (Å²) in [5.74, 6) is 0.106. The Kier molecular flexibility index (Phi) is 2.08. The number of thiocarbonyl (C=S) groups is 1. The first-order valence-corrected chi connectivity index (χ1v) is 3.60. The number of nitrogens with zero attached hydrogens (tertiary/aromatic N) is 1. The van der Waals surface area contributed by atoms with E-state index in [0.717, 1.165) is 13.0 Å². The van der Waals surface area contributed by atoms with Crippen LogP contribution in [0.1, 0.15) is 12.8 Å². The summed E-state index contributed by atoms with van der Waals surface area (Å²) in [5.41, 5.74) is 0. The molecule has 0 spiro atoms. The molecule has 0 atom stereocenters. The molecule has 0 radical (unpaired) electrons. The molecule has 0 saturated carbocycles. The van der Waals surface area contributed by atoms with Gasteiger partial charge in [0.1, 0.15) is 4.32 Å². The summed E-state index contributed by atoms with van der Waals surface area (Å²) in [6.07, 6.45) is 1.54. The molecule has 4 heteroatoms. The third kappa shape index (κ3) is 1.43. The standard InChI is InChI=1S/C5H7NOS2/c7-4-2-1-3-6(4)5(8)9/h1-3H2,(H,8,9). The zero-order valence-electron chi connectivity index (χ0n) is 4.83. The molecular formula is C5H7NOS2. The first-order chi connectivity index (χ1) is 4.22. The quantitative estimate of drug-likeness (QED) is 0.419. The predicted octanol–water partition coefficient (Wildman–Crippen LogP) is 0.824. The average molecular weight is 161 g/mol. The average Bonchev–Trinajstić information content (AvgIpc) is 2.13. The van der Waals surface area contributed by atoms with E-state index in [0.29, 0.717) is 10.7 Å². The first-order valence-electron chi connectivity index (χ1n) is 2.75. The third-order valence-electron chi connectivity index (χ3n) is 1.30. The molecular weight excluding hydrogens is 154 g/mol. The van der Waals surface area contributed by atoms with Gasteiger partial charge in [0, 0.05) is 13.0 Å². The predicted molar refractivity (Wildman–Crippen MR) is 42.5 cm³/mol. The molecule has 0 bridgehead atoms. The lowest BCUT2D eigenvalue weighted by molar-refractivity contribution is -0.124. The second kappa shape index (κ2) is 2.66. The van der Waals surface area contributed by atoms with Gasteiger partial charge in [-0.25, -0.2) is 0 Å². The Hall–Kier alpha value is -0.0900. The summed E-state index contributed by atoms with van der Waals surface area (Å²) >= 11 is 8.59. The Bertz CT molecular complexity index is 157. The molecule has 50 valence electrons. The van der Waals surface area contributed by atoms with Crippen molar-refractivity contribution < 1.29 is 4.79 Å². The van der Waals surface area contributed by atoms with Gasteiger partial charge >= 0.3 is 0 Å². The normalized spacial score (nSPS) is 18.8. The van der Waals surface area contributed by atoms with E-state index in [9.17, 15) is 4.79 Å². The van der Waals surface area contributed by atoms with E-state index in [1.165, 1.54) is 4.90 Å². The van der Waals surface area contributed by atoms with Crippen molar-refractivity contribution in [3.8, 4) is 0 Å². The molecule has 1 aliphatic heterocycles. The van der Waals surface area contributed by atoms with Gasteiger partial charge in [0.05, 0.1) is 0 Å². The second-order valence-corrected chi connectivity index (χ2v) is 3.04. The van der Waals surface area contributed by atoms with Crippen molar-refractivity contribution in [1.29, 1.82) is 0 Å². The van der Waals surface area contributed by atoms with E-state index in [-0.39, 0.29) is 5.91 Å². The number of likely N-dealkylation sites (tertiary alicyclic amines) is 1. The monoisotopic (exact) mass is 161 g/mol. The van der Waals surface area contributed by atoms with Gasteiger partial charge in [0.25, 0.3) is 0 Å². The van der Waals surface area contributed by atoms with E-state index in [1.807, 2.05) is 0 Å². The Balaban J connectivity index is 2.60. The molecule has 0 aromatic rings. The Morgan fingerprint density at radius 2 is 2.44 bits per heavy atom. The van der Waals surface area contributed by atoms with E-state index < -0.39 is 0 Å². The highest BCUT2D eigenvalue weighted by Crippen LogP contribution is 2.11. The number of hydrogen-bond acceptors (Lipinski definition) is 2. The molecule has 1 heterocycles. The molecule has 0 aromatic heterocycles. The maximum absolute atomic E-state index is 10.8. The van der Waals surface area contributed by atoms with Gasteiger partial charge in [-0.05, 0) is 6.42 Å². The highest BCUT2D eigenvalue weighted by atomic mass is 32.1. The van der Waals surface area contributed by atoms with Crippen molar-refractivity contribution in [2.45, 2.75) is 12.8 Å². The molecule has 0 unspecified atom stereocenters. The fourth-order valence-electron chi connectivity index (χ4n) is 0.850. The number of thiol groups is 1. The topological polar surface area (TPSA) is 20.3 Å². The van der Waals surface area contributed by atoms with E-state index in [1.54, 1.807) is 0 Å². The summed E-state index contributed by atoms with van der Waals surface area (Å²) < 4.78 is 0.400.